The Kier molecular flexibility index (Phi) is 4.29. The number of amides is 1. The van der Waals surface area contributed by atoms with Crippen LogP contribution in [0.5, 0.6) is 0 Å². The molecule has 0 atom stereocenters. The van der Waals surface area contributed by atoms with Gasteiger partial charge in [-0.25, -0.2) is 13.4 Å². The fourth-order valence-electron chi connectivity index (χ4n) is 2.25. The number of hydrogen-bond donors (Lipinski definition) is 2. The van der Waals surface area contributed by atoms with Gasteiger partial charge in [-0.1, -0.05) is 23.7 Å². The van der Waals surface area contributed by atoms with Crippen LogP contribution < -0.4 is 5.32 Å². The molecule has 1 amide bonds. The summed E-state index contributed by atoms with van der Waals surface area (Å²) in [5.41, 5.74) is 2.56. The molecule has 3 rings (SSSR count). The van der Waals surface area contributed by atoms with Crippen LogP contribution in [0, 0.1) is 6.92 Å². The lowest BCUT2D eigenvalue weighted by Gasteiger charge is -2.05. The third kappa shape index (κ3) is 3.58. The fraction of sp³-hybridized carbons (Fsp3) is 0.125. The summed E-state index contributed by atoms with van der Waals surface area (Å²) in [6.07, 6.45) is 0. The predicted octanol–water partition coefficient (Wildman–Crippen LogP) is 2.94. The minimum Gasteiger partial charge on any atom is -0.329 e. The topological polar surface area (TPSA) is 91.9 Å². The summed E-state index contributed by atoms with van der Waals surface area (Å²) in [5, 5.41) is 2.74. The number of nitrogens with zero attached hydrogens (tertiary/aromatic N) is 1. The molecular formula is C16H14ClN3O3S. The smallest absolute Gasteiger partial charge is 0.240 e. The molecule has 0 bridgehead atoms. The van der Waals surface area contributed by atoms with Gasteiger partial charge in [0, 0.05) is 10.7 Å². The maximum atomic E-state index is 12.4. The van der Waals surface area contributed by atoms with Crippen LogP contribution in [0.3, 0.4) is 0 Å². The second-order valence-corrected chi connectivity index (χ2v) is 7.72. The molecule has 1 heterocycles. The summed E-state index contributed by atoms with van der Waals surface area (Å²) in [5.74, 6) is -1.37. The van der Waals surface area contributed by atoms with E-state index in [-0.39, 0.29) is 5.16 Å². The minimum absolute atomic E-state index is 0.218. The number of fused-ring (bicyclic) bond motifs is 1. The molecule has 124 valence electrons. The van der Waals surface area contributed by atoms with E-state index in [0.717, 1.165) is 5.56 Å². The van der Waals surface area contributed by atoms with E-state index in [1.165, 1.54) is 6.07 Å². The molecule has 0 saturated heterocycles. The second-order valence-electron chi connectivity index (χ2n) is 5.38. The van der Waals surface area contributed by atoms with Gasteiger partial charge in [0.25, 0.3) is 0 Å². The van der Waals surface area contributed by atoms with Gasteiger partial charge in [0.1, 0.15) is 5.75 Å². The molecule has 24 heavy (non-hydrogen) atoms. The Hall–Kier alpha value is -2.38. The Morgan fingerprint density at radius 3 is 2.79 bits per heavy atom. The molecule has 0 aliphatic rings. The van der Waals surface area contributed by atoms with E-state index in [1.54, 1.807) is 30.3 Å². The van der Waals surface area contributed by atoms with Crippen molar-refractivity contribution in [3.05, 3.63) is 53.1 Å². The van der Waals surface area contributed by atoms with E-state index >= 15 is 0 Å². The zero-order valence-electron chi connectivity index (χ0n) is 12.7. The Labute approximate surface area is 143 Å². The monoisotopic (exact) mass is 363 g/mol. The van der Waals surface area contributed by atoms with E-state index < -0.39 is 21.5 Å². The van der Waals surface area contributed by atoms with Crippen molar-refractivity contribution in [2.45, 2.75) is 12.1 Å². The lowest BCUT2D eigenvalue weighted by Crippen LogP contribution is -2.23. The van der Waals surface area contributed by atoms with Gasteiger partial charge < -0.3 is 10.3 Å². The number of aryl methyl sites for hydroxylation is 1. The van der Waals surface area contributed by atoms with E-state index in [0.29, 0.717) is 21.7 Å². The van der Waals surface area contributed by atoms with Crippen LogP contribution >= 0.6 is 11.6 Å². The van der Waals surface area contributed by atoms with Crippen molar-refractivity contribution >= 4 is 44.1 Å². The normalized spacial score (nSPS) is 11.6. The van der Waals surface area contributed by atoms with Crippen molar-refractivity contribution < 1.29 is 13.2 Å². The lowest BCUT2D eigenvalue weighted by atomic mass is 10.2. The number of carbonyl (C=O) groups is 1. The van der Waals surface area contributed by atoms with Gasteiger partial charge in [0.15, 0.2) is 0 Å². The first-order valence-electron chi connectivity index (χ1n) is 7.08. The van der Waals surface area contributed by atoms with Crippen molar-refractivity contribution in [1.82, 2.24) is 9.97 Å². The number of benzene rings is 2. The number of rotatable bonds is 4. The quantitative estimate of drug-likeness (QED) is 0.745. The van der Waals surface area contributed by atoms with Crippen LogP contribution in [0.4, 0.5) is 5.69 Å². The van der Waals surface area contributed by atoms with Crippen LogP contribution in [-0.2, 0) is 14.6 Å². The zero-order chi connectivity index (χ0) is 17.3. The summed E-state index contributed by atoms with van der Waals surface area (Å²) < 4.78 is 24.7. The molecule has 2 N–H and O–H groups in total. The van der Waals surface area contributed by atoms with E-state index in [1.807, 2.05) is 13.0 Å². The van der Waals surface area contributed by atoms with Crippen molar-refractivity contribution in [2.24, 2.45) is 0 Å². The van der Waals surface area contributed by atoms with Crippen LogP contribution in [0.1, 0.15) is 5.56 Å². The summed E-state index contributed by atoms with van der Waals surface area (Å²) in [6.45, 7) is 1.90. The van der Waals surface area contributed by atoms with Gasteiger partial charge in [-0.2, -0.15) is 0 Å². The molecular weight excluding hydrogens is 350 g/mol. The SMILES string of the molecule is Cc1ccc2nc(S(=O)(=O)CC(=O)Nc3cccc(Cl)c3)[nH]c2c1. The third-order valence-electron chi connectivity index (χ3n) is 3.34. The highest BCUT2D eigenvalue weighted by Gasteiger charge is 2.23. The fourth-order valence-corrected chi connectivity index (χ4v) is 3.50. The minimum atomic E-state index is -3.88. The highest BCUT2D eigenvalue weighted by atomic mass is 35.5. The highest BCUT2D eigenvalue weighted by molar-refractivity contribution is 7.92. The molecule has 0 aliphatic carbocycles. The molecule has 1 aromatic heterocycles. The largest absolute Gasteiger partial charge is 0.329 e. The molecule has 0 saturated carbocycles. The zero-order valence-corrected chi connectivity index (χ0v) is 14.3. The number of aromatic nitrogens is 2. The molecule has 8 heteroatoms. The molecule has 3 aromatic rings. The Morgan fingerprint density at radius 2 is 2.04 bits per heavy atom. The Balaban J connectivity index is 1.80. The standard InChI is InChI=1S/C16H14ClN3O3S/c1-10-5-6-13-14(7-10)20-16(19-13)24(22,23)9-15(21)18-12-4-2-3-11(17)8-12/h2-8H,9H2,1H3,(H,18,21)(H,19,20). The molecule has 0 spiro atoms. The summed E-state index contributed by atoms with van der Waals surface area (Å²) in [4.78, 5) is 18.8. The van der Waals surface area contributed by atoms with Crippen LogP contribution in [0.2, 0.25) is 5.02 Å². The third-order valence-corrected chi connectivity index (χ3v) is 5.00. The number of halogens is 1. The van der Waals surface area contributed by atoms with E-state index in [2.05, 4.69) is 15.3 Å². The predicted molar refractivity (Wildman–Crippen MR) is 93.0 cm³/mol. The highest BCUT2D eigenvalue weighted by Crippen LogP contribution is 2.18. The van der Waals surface area contributed by atoms with Gasteiger partial charge in [0.05, 0.1) is 11.0 Å². The van der Waals surface area contributed by atoms with Gasteiger partial charge in [-0.15, -0.1) is 0 Å². The van der Waals surface area contributed by atoms with Gasteiger partial charge >= 0.3 is 0 Å². The molecule has 0 unspecified atom stereocenters. The van der Waals surface area contributed by atoms with Crippen LogP contribution in [0.25, 0.3) is 11.0 Å². The maximum absolute atomic E-state index is 12.4. The number of anilines is 1. The second kappa shape index (κ2) is 6.26. The molecule has 0 radical (unpaired) electrons. The first-order valence-corrected chi connectivity index (χ1v) is 9.11. The number of aromatic amines is 1. The van der Waals surface area contributed by atoms with E-state index in [4.69, 9.17) is 11.6 Å². The van der Waals surface area contributed by atoms with E-state index in [9.17, 15) is 13.2 Å². The van der Waals surface area contributed by atoms with Crippen LogP contribution in [-0.4, -0.2) is 30.0 Å². The summed E-state index contributed by atoms with van der Waals surface area (Å²) >= 11 is 5.83. The Morgan fingerprint density at radius 1 is 1.25 bits per heavy atom. The number of H-pyrrole nitrogens is 1. The van der Waals surface area contributed by atoms with Gasteiger partial charge in [0.2, 0.25) is 20.9 Å². The van der Waals surface area contributed by atoms with Gasteiger partial charge in [-0.3, -0.25) is 4.79 Å². The Bertz CT molecular complexity index is 1030. The number of imidazole rings is 1. The number of hydrogen-bond acceptors (Lipinski definition) is 4. The van der Waals surface area contributed by atoms with Gasteiger partial charge in [-0.05, 0) is 42.8 Å². The van der Waals surface area contributed by atoms with Crippen molar-refractivity contribution in [1.29, 1.82) is 0 Å². The lowest BCUT2D eigenvalue weighted by molar-refractivity contribution is -0.113. The molecule has 0 aliphatic heterocycles. The summed E-state index contributed by atoms with van der Waals surface area (Å²) in [7, 11) is -3.88. The number of carbonyl (C=O) groups excluding carboxylic acids is 1. The average Bonchev–Trinajstić information content (AvgIpc) is 2.90. The number of nitrogens with one attached hydrogen (secondary N) is 2. The maximum Gasteiger partial charge on any atom is 0.240 e. The number of sulfone groups is 1. The molecule has 6 nitrogen and oxygen atoms in total. The molecule has 0 fully saturated rings. The van der Waals surface area contributed by atoms with Crippen molar-refractivity contribution in [2.75, 3.05) is 11.1 Å². The first-order chi connectivity index (χ1) is 11.3. The molecule has 2 aromatic carbocycles. The first kappa shape index (κ1) is 16.5. The van der Waals surface area contributed by atoms with Crippen molar-refractivity contribution in [3.8, 4) is 0 Å². The van der Waals surface area contributed by atoms with Crippen LogP contribution in [0.15, 0.2) is 47.6 Å². The average molecular weight is 364 g/mol. The summed E-state index contributed by atoms with van der Waals surface area (Å²) in [6, 6.07) is 11.8. The van der Waals surface area contributed by atoms with Crippen molar-refractivity contribution in [3.63, 3.8) is 0 Å².